The van der Waals surface area contributed by atoms with Gasteiger partial charge < -0.3 is 15.5 Å². The van der Waals surface area contributed by atoms with Gasteiger partial charge in [-0.25, -0.2) is 9.78 Å². The number of amides is 1. The molecule has 2 aliphatic rings. The number of amidine groups is 1. The maximum absolute atomic E-state index is 13.1. The summed E-state index contributed by atoms with van der Waals surface area (Å²) < 4.78 is 1.75. The second kappa shape index (κ2) is 6.94. The summed E-state index contributed by atoms with van der Waals surface area (Å²) in [6, 6.07) is 4.95. The first-order valence-electron chi connectivity index (χ1n) is 9.12. The SMILES string of the molecule is CC(C)C(N)=NOC(=O)c1ncn2c1[C@@H]1CCCN1C(=O)c1c(Cl)cccc1-2. The van der Waals surface area contributed by atoms with E-state index in [1.165, 1.54) is 6.33 Å². The lowest BCUT2D eigenvalue weighted by molar-refractivity contribution is 0.0500. The van der Waals surface area contributed by atoms with Crippen molar-refractivity contribution in [1.29, 1.82) is 0 Å². The highest BCUT2D eigenvalue weighted by atomic mass is 35.5. The zero-order valence-corrected chi connectivity index (χ0v) is 16.3. The monoisotopic (exact) mass is 401 g/mol. The van der Waals surface area contributed by atoms with E-state index in [-0.39, 0.29) is 29.4 Å². The number of nitrogens with two attached hydrogens (primary N) is 1. The Morgan fingerprint density at radius 3 is 2.96 bits per heavy atom. The number of hydrogen-bond acceptors (Lipinski definition) is 5. The third-order valence-corrected chi connectivity index (χ3v) is 5.43. The van der Waals surface area contributed by atoms with Gasteiger partial charge in [0, 0.05) is 12.5 Å². The molecule has 1 aromatic carbocycles. The number of nitrogens with zero attached hydrogens (tertiary/aromatic N) is 4. The van der Waals surface area contributed by atoms with Gasteiger partial charge in [0.2, 0.25) is 0 Å². The normalized spacial score (nSPS) is 18.6. The highest BCUT2D eigenvalue weighted by Crippen LogP contribution is 2.41. The molecule has 4 rings (SSSR count). The first kappa shape index (κ1) is 18.5. The molecule has 1 fully saturated rings. The van der Waals surface area contributed by atoms with E-state index in [0.29, 0.717) is 28.5 Å². The molecule has 3 heterocycles. The second-order valence-corrected chi connectivity index (χ2v) is 7.60. The van der Waals surface area contributed by atoms with Crippen LogP contribution in [0.4, 0.5) is 0 Å². The van der Waals surface area contributed by atoms with Gasteiger partial charge in [0.1, 0.15) is 12.2 Å². The molecule has 9 heteroatoms. The van der Waals surface area contributed by atoms with E-state index in [0.717, 1.165) is 12.8 Å². The van der Waals surface area contributed by atoms with Gasteiger partial charge in [-0.3, -0.25) is 9.36 Å². The van der Waals surface area contributed by atoms with Gasteiger partial charge in [-0.15, -0.1) is 0 Å². The molecule has 0 saturated carbocycles. The highest BCUT2D eigenvalue weighted by molar-refractivity contribution is 6.34. The Kier molecular flexibility index (Phi) is 4.58. The molecule has 1 saturated heterocycles. The van der Waals surface area contributed by atoms with Crippen LogP contribution in [0.3, 0.4) is 0 Å². The van der Waals surface area contributed by atoms with E-state index in [1.54, 1.807) is 27.7 Å². The third kappa shape index (κ3) is 2.84. The Morgan fingerprint density at radius 1 is 1.43 bits per heavy atom. The fourth-order valence-electron chi connectivity index (χ4n) is 3.63. The lowest BCUT2D eigenvalue weighted by Crippen LogP contribution is -2.30. The number of imidazole rings is 1. The number of aromatic nitrogens is 2. The molecule has 1 amide bonds. The Labute approximate surface area is 166 Å². The van der Waals surface area contributed by atoms with Crippen LogP contribution in [-0.4, -0.2) is 38.7 Å². The number of rotatable bonds is 3. The number of hydrogen-bond donors (Lipinski definition) is 1. The van der Waals surface area contributed by atoms with Crippen molar-refractivity contribution in [2.45, 2.75) is 32.7 Å². The summed E-state index contributed by atoms with van der Waals surface area (Å²) in [5, 5.41) is 4.07. The van der Waals surface area contributed by atoms with Crippen molar-refractivity contribution in [3.05, 3.63) is 46.5 Å². The summed E-state index contributed by atoms with van der Waals surface area (Å²) in [7, 11) is 0. The summed E-state index contributed by atoms with van der Waals surface area (Å²) in [5.41, 5.74) is 7.48. The van der Waals surface area contributed by atoms with Crippen molar-refractivity contribution < 1.29 is 14.4 Å². The molecule has 1 aromatic heterocycles. The number of carbonyl (C=O) groups is 2. The van der Waals surface area contributed by atoms with Crippen LogP contribution in [0.5, 0.6) is 0 Å². The van der Waals surface area contributed by atoms with Gasteiger partial charge in [0.15, 0.2) is 5.69 Å². The topological polar surface area (TPSA) is 103 Å². The average molecular weight is 402 g/mol. The summed E-state index contributed by atoms with van der Waals surface area (Å²) in [6.07, 6.45) is 3.07. The van der Waals surface area contributed by atoms with Crippen molar-refractivity contribution in [2.75, 3.05) is 6.54 Å². The smallest absolute Gasteiger partial charge is 0.384 e. The first-order valence-corrected chi connectivity index (χ1v) is 9.49. The third-order valence-electron chi connectivity index (χ3n) is 5.12. The van der Waals surface area contributed by atoms with Crippen LogP contribution >= 0.6 is 11.6 Å². The molecule has 0 unspecified atom stereocenters. The maximum atomic E-state index is 13.1. The van der Waals surface area contributed by atoms with E-state index >= 15 is 0 Å². The molecule has 8 nitrogen and oxygen atoms in total. The van der Waals surface area contributed by atoms with E-state index < -0.39 is 5.97 Å². The summed E-state index contributed by atoms with van der Waals surface area (Å²) >= 11 is 6.35. The van der Waals surface area contributed by atoms with E-state index in [2.05, 4.69) is 10.1 Å². The number of carbonyl (C=O) groups excluding carboxylic acids is 2. The Hall–Kier alpha value is -2.87. The highest BCUT2D eigenvalue weighted by Gasteiger charge is 2.41. The lowest BCUT2D eigenvalue weighted by Gasteiger charge is -2.22. The van der Waals surface area contributed by atoms with Gasteiger partial charge >= 0.3 is 5.97 Å². The molecule has 2 aromatic rings. The molecular weight excluding hydrogens is 382 g/mol. The van der Waals surface area contributed by atoms with E-state index in [1.807, 2.05) is 13.8 Å². The van der Waals surface area contributed by atoms with Gasteiger partial charge in [0.05, 0.1) is 28.0 Å². The second-order valence-electron chi connectivity index (χ2n) is 7.19. The molecule has 146 valence electrons. The van der Waals surface area contributed by atoms with Crippen LogP contribution in [-0.2, 0) is 4.84 Å². The van der Waals surface area contributed by atoms with Crippen molar-refractivity contribution in [3.8, 4) is 5.69 Å². The van der Waals surface area contributed by atoms with Gasteiger partial charge in [0.25, 0.3) is 5.91 Å². The molecule has 0 radical (unpaired) electrons. The van der Waals surface area contributed by atoms with Crippen molar-refractivity contribution in [1.82, 2.24) is 14.5 Å². The zero-order valence-electron chi connectivity index (χ0n) is 15.6. The molecule has 28 heavy (non-hydrogen) atoms. The van der Waals surface area contributed by atoms with Crippen LogP contribution < -0.4 is 5.73 Å². The Balaban J connectivity index is 1.83. The van der Waals surface area contributed by atoms with E-state index in [9.17, 15) is 9.59 Å². The average Bonchev–Trinajstić information content (AvgIpc) is 3.29. The van der Waals surface area contributed by atoms with Gasteiger partial charge in [-0.2, -0.15) is 0 Å². The molecule has 1 atom stereocenters. The standard InChI is InChI=1S/C19H20ClN5O3/c1-10(2)17(21)23-28-19(27)15-16-13-7-4-8-24(13)18(26)14-11(20)5-3-6-12(14)25(16)9-22-15/h3,5-6,9-10,13H,4,7-8H2,1-2H3,(H2,21,23)/t13-/m0/s1. The Bertz CT molecular complexity index is 997. The van der Waals surface area contributed by atoms with Gasteiger partial charge in [-0.1, -0.05) is 36.7 Å². The molecule has 2 N–H and O–H groups in total. The van der Waals surface area contributed by atoms with Crippen LogP contribution in [0, 0.1) is 5.92 Å². The van der Waals surface area contributed by atoms with Crippen LogP contribution in [0.15, 0.2) is 29.7 Å². The summed E-state index contributed by atoms with van der Waals surface area (Å²) in [5.74, 6) is -0.687. The summed E-state index contributed by atoms with van der Waals surface area (Å²) in [4.78, 5) is 36.8. The molecule has 0 aliphatic carbocycles. The van der Waals surface area contributed by atoms with Crippen LogP contribution in [0.1, 0.15) is 59.3 Å². The van der Waals surface area contributed by atoms with Crippen LogP contribution in [0.2, 0.25) is 5.02 Å². The van der Waals surface area contributed by atoms with Crippen molar-refractivity contribution in [2.24, 2.45) is 16.8 Å². The minimum atomic E-state index is -0.706. The minimum absolute atomic E-state index is 0.0520. The fraction of sp³-hybridized carbons (Fsp3) is 0.368. The summed E-state index contributed by atoms with van der Waals surface area (Å²) in [6.45, 7) is 4.28. The molecular formula is C19H20ClN5O3. The number of benzene rings is 1. The molecule has 0 spiro atoms. The molecule has 2 aliphatic heterocycles. The predicted molar refractivity (Wildman–Crippen MR) is 103 cm³/mol. The number of fused-ring (bicyclic) bond motifs is 5. The first-order chi connectivity index (χ1) is 13.4. The zero-order chi connectivity index (χ0) is 20.0. The number of oxime groups is 1. The minimum Gasteiger partial charge on any atom is -0.384 e. The van der Waals surface area contributed by atoms with Gasteiger partial charge in [-0.05, 0) is 25.0 Å². The maximum Gasteiger partial charge on any atom is 0.385 e. The Morgan fingerprint density at radius 2 is 2.21 bits per heavy atom. The number of halogens is 1. The van der Waals surface area contributed by atoms with Crippen molar-refractivity contribution >= 4 is 29.3 Å². The van der Waals surface area contributed by atoms with Crippen molar-refractivity contribution in [3.63, 3.8) is 0 Å². The predicted octanol–water partition coefficient (Wildman–Crippen LogP) is 2.90. The fourth-order valence-corrected chi connectivity index (χ4v) is 3.88. The largest absolute Gasteiger partial charge is 0.385 e. The van der Waals surface area contributed by atoms with E-state index in [4.69, 9.17) is 22.2 Å². The van der Waals surface area contributed by atoms with Crippen LogP contribution in [0.25, 0.3) is 5.69 Å². The lowest BCUT2D eigenvalue weighted by atomic mass is 10.1. The molecule has 0 bridgehead atoms. The quantitative estimate of drug-likeness (QED) is 0.368.